The van der Waals surface area contributed by atoms with Crippen LogP contribution in [0.15, 0.2) is 30.6 Å². The zero-order valence-corrected chi connectivity index (χ0v) is 10.1. The normalized spacial score (nSPS) is 18.2. The lowest BCUT2D eigenvalue weighted by Gasteiger charge is -2.26. The Balaban J connectivity index is 1.86. The van der Waals surface area contributed by atoms with Crippen LogP contribution < -0.4 is 10.5 Å². The molecular formula is C13H16N4O. The molecule has 2 heterocycles. The predicted molar refractivity (Wildman–Crippen MR) is 67.2 cm³/mol. The molecule has 0 amide bonds. The summed E-state index contributed by atoms with van der Waals surface area (Å²) in [6.45, 7) is 1.99. The van der Waals surface area contributed by atoms with Crippen molar-refractivity contribution in [3.05, 3.63) is 42.0 Å². The van der Waals surface area contributed by atoms with Gasteiger partial charge in [-0.2, -0.15) is 5.10 Å². The topological polar surface area (TPSA) is 66.0 Å². The Kier molecular flexibility index (Phi) is 2.98. The Morgan fingerprint density at radius 3 is 3.17 bits per heavy atom. The molecule has 2 aromatic rings. The van der Waals surface area contributed by atoms with Crippen molar-refractivity contribution in [1.29, 1.82) is 0 Å². The first kappa shape index (κ1) is 11.2. The van der Waals surface area contributed by atoms with Crippen molar-refractivity contribution in [3.8, 4) is 5.75 Å². The molecule has 1 atom stereocenters. The fraction of sp³-hybridized carbons (Fsp3) is 0.385. The van der Waals surface area contributed by atoms with E-state index in [1.807, 2.05) is 22.9 Å². The average molecular weight is 244 g/mol. The molecule has 5 nitrogen and oxygen atoms in total. The highest BCUT2D eigenvalue weighted by Gasteiger charge is 2.22. The van der Waals surface area contributed by atoms with Gasteiger partial charge in [0, 0.05) is 5.92 Å². The maximum atomic E-state index is 5.66. The molecule has 0 saturated carbocycles. The van der Waals surface area contributed by atoms with Gasteiger partial charge in [0.2, 0.25) is 0 Å². The van der Waals surface area contributed by atoms with Gasteiger partial charge in [0.05, 0.1) is 19.7 Å². The summed E-state index contributed by atoms with van der Waals surface area (Å²) in [6.07, 6.45) is 2.56. The highest BCUT2D eigenvalue weighted by atomic mass is 16.5. The number of aromatic nitrogens is 3. The lowest BCUT2D eigenvalue weighted by atomic mass is 9.93. The summed E-state index contributed by atoms with van der Waals surface area (Å²) in [6, 6.07) is 8.19. The summed E-state index contributed by atoms with van der Waals surface area (Å²) in [5.41, 5.74) is 6.90. The molecule has 0 spiro atoms. The number of nitrogens with two attached hydrogens (primary N) is 1. The molecule has 0 bridgehead atoms. The Morgan fingerprint density at radius 2 is 2.28 bits per heavy atom. The van der Waals surface area contributed by atoms with Crippen molar-refractivity contribution in [1.82, 2.24) is 14.8 Å². The van der Waals surface area contributed by atoms with Gasteiger partial charge in [-0.15, -0.1) is 0 Å². The van der Waals surface area contributed by atoms with Crippen molar-refractivity contribution in [3.63, 3.8) is 0 Å². The van der Waals surface area contributed by atoms with E-state index in [0.717, 1.165) is 31.1 Å². The van der Waals surface area contributed by atoms with E-state index >= 15 is 0 Å². The Hall–Kier alpha value is -1.88. The van der Waals surface area contributed by atoms with Crippen LogP contribution >= 0.6 is 0 Å². The van der Waals surface area contributed by atoms with Crippen LogP contribution in [-0.4, -0.2) is 21.4 Å². The standard InChI is InChI=1S/C13H16N4O/c14-7-13-15-9-16-17(13)8-10-5-6-18-12-4-2-1-3-11(10)12/h1-4,9-10H,5-8,14H2. The van der Waals surface area contributed by atoms with E-state index in [1.165, 1.54) is 5.56 Å². The molecule has 0 saturated heterocycles. The quantitative estimate of drug-likeness (QED) is 0.884. The molecule has 1 aromatic carbocycles. The smallest absolute Gasteiger partial charge is 0.140 e. The fourth-order valence-electron chi connectivity index (χ4n) is 2.41. The number of benzene rings is 1. The molecule has 0 aliphatic carbocycles. The summed E-state index contributed by atoms with van der Waals surface area (Å²) in [4.78, 5) is 4.15. The van der Waals surface area contributed by atoms with Crippen LogP contribution in [0.3, 0.4) is 0 Å². The lowest BCUT2D eigenvalue weighted by molar-refractivity contribution is 0.255. The third-order valence-corrected chi connectivity index (χ3v) is 3.35. The third-order valence-electron chi connectivity index (χ3n) is 3.35. The van der Waals surface area contributed by atoms with E-state index in [2.05, 4.69) is 16.1 Å². The SMILES string of the molecule is NCc1ncnn1CC1CCOc2ccccc21. The molecule has 1 aromatic heterocycles. The number of rotatable bonds is 3. The second-order valence-electron chi connectivity index (χ2n) is 4.43. The van der Waals surface area contributed by atoms with Gasteiger partial charge in [-0.1, -0.05) is 18.2 Å². The Morgan fingerprint density at radius 1 is 1.39 bits per heavy atom. The first-order valence-electron chi connectivity index (χ1n) is 6.17. The van der Waals surface area contributed by atoms with Crippen LogP contribution in [0.4, 0.5) is 0 Å². The second kappa shape index (κ2) is 4.78. The van der Waals surface area contributed by atoms with Gasteiger partial charge in [0.25, 0.3) is 0 Å². The molecular weight excluding hydrogens is 228 g/mol. The number of hydrogen-bond donors (Lipinski definition) is 1. The van der Waals surface area contributed by atoms with Crippen molar-refractivity contribution in [2.75, 3.05) is 6.61 Å². The summed E-state index contributed by atoms with van der Waals surface area (Å²) < 4.78 is 7.56. The summed E-state index contributed by atoms with van der Waals surface area (Å²) in [7, 11) is 0. The predicted octanol–water partition coefficient (Wildman–Crippen LogP) is 1.30. The number of hydrogen-bond acceptors (Lipinski definition) is 4. The van der Waals surface area contributed by atoms with E-state index in [0.29, 0.717) is 12.5 Å². The zero-order valence-electron chi connectivity index (χ0n) is 10.1. The van der Waals surface area contributed by atoms with Crippen molar-refractivity contribution >= 4 is 0 Å². The molecule has 5 heteroatoms. The molecule has 18 heavy (non-hydrogen) atoms. The highest BCUT2D eigenvalue weighted by Crippen LogP contribution is 2.34. The zero-order chi connectivity index (χ0) is 12.4. The van der Waals surface area contributed by atoms with Crippen LogP contribution in [0.2, 0.25) is 0 Å². The van der Waals surface area contributed by atoms with E-state index in [1.54, 1.807) is 6.33 Å². The molecule has 2 N–H and O–H groups in total. The van der Waals surface area contributed by atoms with Gasteiger partial charge in [0.15, 0.2) is 0 Å². The number of para-hydroxylation sites is 1. The number of fused-ring (bicyclic) bond motifs is 1. The van der Waals surface area contributed by atoms with Crippen LogP contribution in [0.25, 0.3) is 0 Å². The Bertz CT molecular complexity index is 537. The molecule has 0 radical (unpaired) electrons. The van der Waals surface area contributed by atoms with E-state index in [-0.39, 0.29) is 0 Å². The second-order valence-corrected chi connectivity index (χ2v) is 4.43. The third kappa shape index (κ3) is 1.97. The molecule has 1 aliphatic heterocycles. The lowest BCUT2D eigenvalue weighted by Crippen LogP contribution is -2.21. The minimum Gasteiger partial charge on any atom is -0.493 e. The fourth-order valence-corrected chi connectivity index (χ4v) is 2.41. The molecule has 1 aliphatic rings. The average Bonchev–Trinajstić information content (AvgIpc) is 2.86. The van der Waals surface area contributed by atoms with Crippen LogP contribution in [0, 0.1) is 0 Å². The van der Waals surface area contributed by atoms with Crippen molar-refractivity contribution in [2.45, 2.75) is 25.4 Å². The largest absolute Gasteiger partial charge is 0.493 e. The molecule has 0 fully saturated rings. The summed E-state index contributed by atoms with van der Waals surface area (Å²) >= 11 is 0. The number of nitrogens with zero attached hydrogens (tertiary/aromatic N) is 3. The maximum absolute atomic E-state index is 5.66. The summed E-state index contributed by atoms with van der Waals surface area (Å²) in [5, 5.41) is 4.24. The van der Waals surface area contributed by atoms with Gasteiger partial charge >= 0.3 is 0 Å². The Labute approximate surface area is 106 Å². The van der Waals surface area contributed by atoms with E-state index in [4.69, 9.17) is 10.5 Å². The van der Waals surface area contributed by atoms with E-state index < -0.39 is 0 Å². The van der Waals surface area contributed by atoms with Gasteiger partial charge in [-0.3, -0.25) is 0 Å². The van der Waals surface area contributed by atoms with Crippen LogP contribution in [0.1, 0.15) is 23.7 Å². The minimum absolute atomic E-state index is 0.418. The van der Waals surface area contributed by atoms with Crippen LogP contribution in [0.5, 0.6) is 5.75 Å². The highest BCUT2D eigenvalue weighted by molar-refractivity contribution is 5.37. The van der Waals surface area contributed by atoms with Gasteiger partial charge in [0.1, 0.15) is 17.9 Å². The summed E-state index contributed by atoms with van der Waals surface area (Å²) in [5.74, 6) is 2.24. The van der Waals surface area contributed by atoms with Crippen LogP contribution in [-0.2, 0) is 13.1 Å². The van der Waals surface area contributed by atoms with Gasteiger partial charge in [-0.05, 0) is 18.1 Å². The van der Waals surface area contributed by atoms with Crippen molar-refractivity contribution in [2.24, 2.45) is 5.73 Å². The maximum Gasteiger partial charge on any atom is 0.140 e. The van der Waals surface area contributed by atoms with E-state index in [9.17, 15) is 0 Å². The van der Waals surface area contributed by atoms with Gasteiger partial charge in [-0.25, -0.2) is 9.67 Å². The molecule has 94 valence electrons. The minimum atomic E-state index is 0.418. The molecule has 3 rings (SSSR count). The molecule has 1 unspecified atom stereocenters. The van der Waals surface area contributed by atoms with Crippen molar-refractivity contribution < 1.29 is 4.74 Å². The van der Waals surface area contributed by atoms with Gasteiger partial charge < -0.3 is 10.5 Å². The monoisotopic (exact) mass is 244 g/mol. The first-order valence-corrected chi connectivity index (χ1v) is 6.17. The number of ether oxygens (including phenoxy) is 1. The first-order chi connectivity index (χ1) is 8.88.